The molecule has 0 fully saturated rings. The van der Waals surface area contributed by atoms with E-state index < -0.39 is 5.97 Å². The van der Waals surface area contributed by atoms with Crippen LogP contribution >= 0.6 is 0 Å². The van der Waals surface area contributed by atoms with Gasteiger partial charge in [-0.1, -0.05) is 30.4 Å². The fourth-order valence-corrected chi connectivity index (χ4v) is 0.374. The van der Waals surface area contributed by atoms with E-state index in [-0.39, 0.29) is 51.4 Å². The fourth-order valence-electron chi connectivity index (χ4n) is 0.374. The molecule has 0 aliphatic rings. The Bertz CT molecular complexity index is 181. The van der Waals surface area contributed by atoms with Gasteiger partial charge in [0, 0.05) is 0 Å². The minimum absolute atomic E-state index is 0. The van der Waals surface area contributed by atoms with Crippen LogP contribution in [0.3, 0.4) is 0 Å². The third-order valence-corrected chi connectivity index (χ3v) is 0.758. The number of aliphatic carboxylic acids is 1. The Kier molecular flexibility index (Phi) is 13.0. The zero-order valence-electron chi connectivity index (χ0n) is 6.78. The van der Waals surface area contributed by atoms with E-state index in [2.05, 4.69) is 0 Å². The molecule has 0 saturated carbocycles. The SMILES string of the molecule is CC=CC=CC=CC(=O)[O-].[K+]. The molecule has 0 aromatic rings. The first-order chi connectivity index (χ1) is 4.77. The normalized spacial score (nSPS) is 11.0. The van der Waals surface area contributed by atoms with Gasteiger partial charge in [0.05, 0.1) is 5.97 Å². The summed E-state index contributed by atoms with van der Waals surface area (Å²) < 4.78 is 0. The second-order valence-electron chi connectivity index (χ2n) is 1.59. The van der Waals surface area contributed by atoms with Gasteiger partial charge in [0.25, 0.3) is 0 Å². The Labute approximate surface area is 109 Å². The number of hydrogen-bond donors (Lipinski definition) is 0. The molecule has 11 heavy (non-hydrogen) atoms. The molecule has 0 saturated heterocycles. The molecular weight excluding hydrogens is 167 g/mol. The molecule has 0 rings (SSSR count). The molecule has 0 aromatic carbocycles. The smallest absolute Gasteiger partial charge is 0.545 e. The maximum absolute atomic E-state index is 9.78. The van der Waals surface area contributed by atoms with Crippen molar-refractivity contribution in [1.29, 1.82) is 0 Å². The predicted molar refractivity (Wildman–Crippen MR) is 38.1 cm³/mol. The molecule has 0 spiro atoms. The van der Waals surface area contributed by atoms with Crippen LogP contribution in [0, 0.1) is 0 Å². The molecule has 0 N–H and O–H groups in total. The number of carboxylic acid groups (broad SMARTS) is 1. The topological polar surface area (TPSA) is 40.1 Å². The maximum Gasteiger partial charge on any atom is 1.00 e. The quantitative estimate of drug-likeness (QED) is 0.269. The van der Waals surface area contributed by atoms with E-state index in [0.717, 1.165) is 6.08 Å². The average Bonchev–Trinajstić information content (AvgIpc) is 1.87. The van der Waals surface area contributed by atoms with E-state index in [1.807, 2.05) is 13.0 Å². The number of carbonyl (C=O) groups is 1. The van der Waals surface area contributed by atoms with E-state index in [1.54, 1.807) is 18.2 Å². The Morgan fingerprint density at radius 3 is 2.18 bits per heavy atom. The Morgan fingerprint density at radius 2 is 1.73 bits per heavy atom. The van der Waals surface area contributed by atoms with Gasteiger partial charge in [0.15, 0.2) is 0 Å². The van der Waals surface area contributed by atoms with Crippen molar-refractivity contribution in [3.05, 3.63) is 36.5 Å². The first-order valence-corrected chi connectivity index (χ1v) is 2.94. The van der Waals surface area contributed by atoms with Crippen molar-refractivity contribution >= 4 is 5.97 Å². The van der Waals surface area contributed by atoms with Crippen LogP contribution in [-0.4, -0.2) is 5.97 Å². The average molecular weight is 176 g/mol. The number of carboxylic acids is 1. The van der Waals surface area contributed by atoms with Gasteiger partial charge in [-0.2, -0.15) is 0 Å². The number of rotatable bonds is 3. The van der Waals surface area contributed by atoms with Crippen LogP contribution in [0.1, 0.15) is 6.92 Å². The van der Waals surface area contributed by atoms with Crippen molar-refractivity contribution in [3.8, 4) is 0 Å². The summed E-state index contributed by atoms with van der Waals surface area (Å²) in [6.07, 6.45) is 9.40. The van der Waals surface area contributed by atoms with Crippen LogP contribution < -0.4 is 56.5 Å². The van der Waals surface area contributed by atoms with Gasteiger partial charge in [-0.3, -0.25) is 0 Å². The van der Waals surface area contributed by atoms with Crippen LogP contribution in [-0.2, 0) is 4.79 Å². The van der Waals surface area contributed by atoms with Gasteiger partial charge in [-0.15, -0.1) is 0 Å². The maximum atomic E-state index is 9.78. The molecule has 3 heteroatoms. The van der Waals surface area contributed by atoms with Crippen LogP contribution in [0.25, 0.3) is 0 Å². The monoisotopic (exact) mass is 176 g/mol. The summed E-state index contributed by atoms with van der Waals surface area (Å²) >= 11 is 0. The van der Waals surface area contributed by atoms with E-state index in [9.17, 15) is 9.90 Å². The third kappa shape index (κ3) is 13.3. The summed E-state index contributed by atoms with van der Waals surface area (Å²) in [6.45, 7) is 1.88. The second kappa shape index (κ2) is 10.3. The molecule has 0 aliphatic carbocycles. The number of hydrogen-bond acceptors (Lipinski definition) is 2. The van der Waals surface area contributed by atoms with Crippen molar-refractivity contribution in [3.63, 3.8) is 0 Å². The molecule has 0 aromatic heterocycles. The van der Waals surface area contributed by atoms with Gasteiger partial charge >= 0.3 is 51.4 Å². The molecule has 0 unspecified atom stereocenters. The summed E-state index contributed by atoms with van der Waals surface area (Å²) in [7, 11) is 0. The van der Waals surface area contributed by atoms with Gasteiger partial charge in [-0.05, 0) is 13.0 Å². The molecule has 0 radical (unpaired) electrons. The van der Waals surface area contributed by atoms with Crippen molar-refractivity contribution in [2.24, 2.45) is 0 Å². The first-order valence-electron chi connectivity index (χ1n) is 2.94. The summed E-state index contributed by atoms with van der Waals surface area (Å²) in [5.41, 5.74) is 0. The van der Waals surface area contributed by atoms with Crippen molar-refractivity contribution in [1.82, 2.24) is 0 Å². The Morgan fingerprint density at radius 1 is 1.18 bits per heavy atom. The second-order valence-corrected chi connectivity index (χ2v) is 1.59. The number of carbonyl (C=O) groups excluding carboxylic acids is 1. The van der Waals surface area contributed by atoms with Gasteiger partial charge in [0.2, 0.25) is 0 Å². The predicted octanol–water partition coefficient (Wildman–Crippen LogP) is -2.57. The molecule has 0 heterocycles. The summed E-state index contributed by atoms with van der Waals surface area (Å²) in [5.74, 6) is -1.18. The van der Waals surface area contributed by atoms with E-state index in [1.165, 1.54) is 6.08 Å². The summed E-state index contributed by atoms with van der Waals surface area (Å²) in [4.78, 5) is 9.78. The molecule has 2 nitrogen and oxygen atoms in total. The molecular formula is C8H9KO2. The largest absolute Gasteiger partial charge is 1.00 e. The van der Waals surface area contributed by atoms with Crippen molar-refractivity contribution < 1.29 is 61.3 Å². The molecule has 54 valence electrons. The van der Waals surface area contributed by atoms with Gasteiger partial charge in [-0.25, -0.2) is 0 Å². The van der Waals surface area contributed by atoms with E-state index >= 15 is 0 Å². The Balaban J connectivity index is 0. The minimum Gasteiger partial charge on any atom is -0.545 e. The van der Waals surface area contributed by atoms with E-state index in [4.69, 9.17) is 0 Å². The van der Waals surface area contributed by atoms with Crippen molar-refractivity contribution in [2.75, 3.05) is 0 Å². The van der Waals surface area contributed by atoms with Crippen LogP contribution in [0.4, 0.5) is 0 Å². The first kappa shape index (κ1) is 13.9. The van der Waals surface area contributed by atoms with Crippen LogP contribution in [0.2, 0.25) is 0 Å². The summed E-state index contributed by atoms with van der Waals surface area (Å²) in [6, 6.07) is 0. The summed E-state index contributed by atoms with van der Waals surface area (Å²) in [5, 5.41) is 9.78. The fraction of sp³-hybridized carbons (Fsp3) is 0.125. The van der Waals surface area contributed by atoms with Crippen molar-refractivity contribution in [2.45, 2.75) is 6.92 Å². The zero-order valence-corrected chi connectivity index (χ0v) is 9.90. The minimum atomic E-state index is -1.18. The van der Waals surface area contributed by atoms with Crippen LogP contribution in [0.15, 0.2) is 36.5 Å². The van der Waals surface area contributed by atoms with Crippen LogP contribution in [0.5, 0.6) is 0 Å². The van der Waals surface area contributed by atoms with E-state index in [0.29, 0.717) is 0 Å². The third-order valence-electron chi connectivity index (χ3n) is 0.758. The molecule has 0 bridgehead atoms. The molecule has 0 atom stereocenters. The van der Waals surface area contributed by atoms with Gasteiger partial charge in [0.1, 0.15) is 0 Å². The number of allylic oxidation sites excluding steroid dienone is 5. The standard InChI is InChI=1S/C8H10O2.K/c1-2-3-4-5-6-7-8(9)10;/h2-7H,1H3,(H,9,10);/q;+1/p-1. The molecule has 0 amide bonds. The zero-order chi connectivity index (χ0) is 7.82. The molecule has 0 aliphatic heterocycles. The van der Waals surface area contributed by atoms with Gasteiger partial charge < -0.3 is 9.90 Å². The Hall–Kier alpha value is 0.326.